The molecule has 0 amide bonds. The molecule has 0 fully saturated rings. The van der Waals surface area contributed by atoms with Crippen molar-refractivity contribution in [3.8, 4) is 5.75 Å². The molecule has 0 heterocycles. The molecule has 0 aromatic heterocycles. The molecular formula is C15H24BrNO. The van der Waals surface area contributed by atoms with Gasteiger partial charge in [0.1, 0.15) is 5.75 Å². The molecule has 0 aliphatic rings. The van der Waals surface area contributed by atoms with Gasteiger partial charge in [-0.1, -0.05) is 35.7 Å². The van der Waals surface area contributed by atoms with Crippen LogP contribution in [0.1, 0.15) is 45.6 Å². The van der Waals surface area contributed by atoms with Gasteiger partial charge in [0.15, 0.2) is 0 Å². The van der Waals surface area contributed by atoms with E-state index >= 15 is 0 Å². The summed E-state index contributed by atoms with van der Waals surface area (Å²) in [5.74, 6) is 0.983. The molecule has 0 atom stereocenters. The Balaban J connectivity index is 2.53. The van der Waals surface area contributed by atoms with Gasteiger partial charge in [-0.25, -0.2) is 0 Å². The van der Waals surface area contributed by atoms with Crippen molar-refractivity contribution in [1.82, 2.24) is 5.32 Å². The molecule has 1 rings (SSSR count). The summed E-state index contributed by atoms with van der Waals surface area (Å²) in [6, 6.07) is 6.19. The van der Waals surface area contributed by atoms with Gasteiger partial charge in [-0.2, -0.15) is 0 Å². The summed E-state index contributed by atoms with van der Waals surface area (Å²) < 4.78 is 6.92. The van der Waals surface area contributed by atoms with Crippen molar-refractivity contribution < 1.29 is 4.74 Å². The highest BCUT2D eigenvalue weighted by molar-refractivity contribution is 9.10. The number of nitrogens with one attached hydrogen (secondary N) is 1. The molecular weight excluding hydrogens is 290 g/mol. The second-order valence-corrected chi connectivity index (χ2v) is 5.72. The molecule has 0 aliphatic carbocycles. The monoisotopic (exact) mass is 313 g/mol. The van der Waals surface area contributed by atoms with Crippen LogP contribution < -0.4 is 10.1 Å². The predicted octanol–water partition coefficient (Wildman–Crippen LogP) is 4.52. The van der Waals surface area contributed by atoms with Crippen LogP contribution in [0, 0.1) is 0 Å². The van der Waals surface area contributed by atoms with E-state index in [4.69, 9.17) is 4.74 Å². The third-order valence-corrected chi connectivity index (χ3v) is 3.15. The first-order chi connectivity index (χ1) is 8.63. The number of ether oxygens (including phenoxy) is 1. The number of rotatable bonds is 8. The second kappa shape index (κ2) is 8.54. The van der Waals surface area contributed by atoms with Crippen molar-refractivity contribution in [3.63, 3.8) is 0 Å². The highest BCUT2D eigenvalue weighted by atomic mass is 79.9. The van der Waals surface area contributed by atoms with Gasteiger partial charge in [0.05, 0.1) is 6.10 Å². The highest BCUT2D eigenvalue weighted by Crippen LogP contribution is 2.24. The standard InChI is InChI=1S/C15H24BrNO/c1-4-5-6-9-17-11-13-10-14(16)7-8-15(13)18-12(2)3/h7-8,10,12,17H,4-6,9,11H2,1-3H3. The minimum atomic E-state index is 0.213. The second-order valence-electron chi connectivity index (χ2n) is 4.80. The van der Waals surface area contributed by atoms with Gasteiger partial charge in [-0.15, -0.1) is 0 Å². The maximum Gasteiger partial charge on any atom is 0.124 e. The topological polar surface area (TPSA) is 21.3 Å². The summed E-state index contributed by atoms with van der Waals surface area (Å²) >= 11 is 3.51. The van der Waals surface area contributed by atoms with Crippen LogP contribution in [-0.2, 0) is 6.54 Å². The molecule has 2 nitrogen and oxygen atoms in total. The number of hydrogen-bond acceptors (Lipinski definition) is 2. The maximum absolute atomic E-state index is 5.82. The first kappa shape index (κ1) is 15.5. The van der Waals surface area contributed by atoms with Gasteiger partial charge in [0.25, 0.3) is 0 Å². The third-order valence-electron chi connectivity index (χ3n) is 2.66. The largest absolute Gasteiger partial charge is 0.491 e. The average Bonchev–Trinajstić information content (AvgIpc) is 2.31. The zero-order chi connectivity index (χ0) is 13.4. The van der Waals surface area contributed by atoms with Crippen molar-refractivity contribution in [1.29, 1.82) is 0 Å². The summed E-state index contributed by atoms with van der Waals surface area (Å²) in [5.41, 5.74) is 1.22. The van der Waals surface area contributed by atoms with Crippen LogP contribution in [-0.4, -0.2) is 12.6 Å². The first-order valence-corrected chi connectivity index (χ1v) is 7.58. The van der Waals surface area contributed by atoms with E-state index in [1.807, 2.05) is 12.1 Å². The molecule has 0 spiro atoms. The molecule has 0 unspecified atom stereocenters. The van der Waals surface area contributed by atoms with Crippen LogP contribution in [0.2, 0.25) is 0 Å². The quantitative estimate of drug-likeness (QED) is 0.713. The summed E-state index contributed by atoms with van der Waals surface area (Å²) in [5, 5.41) is 3.48. The first-order valence-electron chi connectivity index (χ1n) is 6.79. The van der Waals surface area contributed by atoms with E-state index in [0.29, 0.717) is 0 Å². The lowest BCUT2D eigenvalue weighted by Crippen LogP contribution is -2.16. The smallest absolute Gasteiger partial charge is 0.124 e. The van der Waals surface area contributed by atoms with Gasteiger partial charge in [-0.05, 0) is 45.0 Å². The maximum atomic E-state index is 5.82. The number of hydrogen-bond donors (Lipinski definition) is 1. The molecule has 3 heteroatoms. The van der Waals surface area contributed by atoms with E-state index in [1.54, 1.807) is 0 Å². The summed E-state index contributed by atoms with van der Waals surface area (Å²) in [6.45, 7) is 8.27. The Labute approximate surface area is 119 Å². The molecule has 1 N–H and O–H groups in total. The Morgan fingerprint density at radius 1 is 1.28 bits per heavy atom. The van der Waals surface area contributed by atoms with Gasteiger partial charge >= 0.3 is 0 Å². The van der Waals surface area contributed by atoms with E-state index < -0.39 is 0 Å². The molecule has 1 aromatic carbocycles. The van der Waals surface area contributed by atoms with Crippen molar-refractivity contribution in [3.05, 3.63) is 28.2 Å². The third kappa shape index (κ3) is 5.87. The minimum absolute atomic E-state index is 0.213. The SMILES string of the molecule is CCCCCNCc1cc(Br)ccc1OC(C)C. The van der Waals surface area contributed by atoms with E-state index in [0.717, 1.165) is 23.3 Å². The molecule has 18 heavy (non-hydrogen) atoms. The predicted molar refractivity (Wildman–Crippen MR) is 81.1 cm³/mol. The molecule has 0 bridgehead atoms. The molecule has 0 aliphatic heterocycles. The van der Waals surface area contributed by atoms with E-state index in [2.05, 4.69) is 48.1 Å². The van der Waals surface area contributed by atoms with Gasteiger partial charge in [0.2, 0.25) is 0 Å². The lowest BCUT2D eigenvalue weighted by Gasteiger charge is -2.15. The zero-order valence-corrected chi connectivity index (χ0v) is 13.2. The molecule has 1 aromatic rings. The molecule has 0 saturated carbocycles. The van der Waals surface area contributed by atoms with E-state index in [9.17, 15) is 0 Å². The molecule has 0 radical (unpaired) electrons. The van der Waals surface area contributed by atoms with Crippen LogP contribution in [0.3, 0.4) is 0 Å². The summed E-state index contributed by atoms with van der Waals surface area (Å²) in [6.07, 6.45) is 4.01. The average molecular weight is 314 g/mol. The Morgan fingerprint density at radius 3 is 2.72 bits per heavy atom. The Bertz CT molecular complexity index is 352. The van der Waals surface area contributed by atoms with Crippen molar-refractivity contribution >= 4 is 15.9 Å². The van der Waals surface area contributed by atoms with Crippen LogP contribution in [0.15, 0.2) is 22.7 Å². The minimum Gasteiger partial charge on any atom is -0.491 e. The fraction of sp³-hybridized carbons (Fsp3) is 0.600. The lowest BCUT2D eigenvalue weighted by atomic mass is 10.2. The van der Waals surface area contributed by atoms with Crippen LogP contribution in [0.25, 0.3) is 0 Å². The fourth-order valence-electron chi connectivity index (χ4n) is 1.78. The van der Waals surface area contributed by atoms with Crippen molar-refractivity contribution in [2.75, 3.05) is 6.54 Å². The Hall–Kier alpha value is -0.540. The number of unbranched alkanes of at least 4 members (excludes halogenated alkanes) is 2. The van der Waals surface area contributed by atoms with E-state index in [-0.39, 0.29) is 6.10 Å². The highest BCUT2D eigenvalue weighted by Gasteiger charge is 2.06. The van der Waals surface area contributed by atoms with Crippen molar-refractivity contribution in [2.24, 2.45) is 0 Å². The fourth-order valence-corrected chi connectivity index (χ4v) is 2.19. The van der Waals surface area contributed by atoms with Gasteiger partial charge < -0.3 is 10.1 Å². The number of halogens is 1. The van der Waals surface area contributed by atoms with Crippen molar-refractivity contribution in [2.45, 2.75) is 52.7 Å². The van der Waals surface area contributed by atoms with Crippen LogP contribution in [0.4, 0.5) is 0 Å². The van der Waals surface area contributed by atoms with Gasteiger partial charge in [0, 0.05) is 16.6 Å². The summed E-state index contributed by atoms with van der Waals surface area (Å²) in [7, 11) is 0. The zero-order valence-electron chi connectivity index (χ0n) is 11.6. The Kier molecular flexibility index (Phi) is 7.36. The normalized spacial score (nSPS) is 10.9. The number of benzene rings is 1. The Morgan fingerprint density at radius 2 is 2.06 bits per heavy atom. The van der Waals surface area contributed by atoms with Gasteiger partial charge in [-0.3, -0.25) is 0 Å². The molecule has 102 valence electrons. The van der Waals surface area contributed by atoms with Crippen LogP contribution >= 0.6 is 15.9 Å². The van der Waals surface area contributed by atoms with Crippen LogP contribution in [0.5, 0.6) is 5.75 Å². The lowest BCUT2D eigenvalue weighted by molar-refractivity contribution is 0.239. The molecule has 0 saturated heterocycles. The van der Waals surface area contributed by atoms with E-state index in [1.165, 1.54) is 24.8 Å². The summed E-state index contributed by atoms with van der Waals surface area (Å²) in [4.78, 5) is 0.